The van der Waals surface area contributed by atoms with Gasteiger partial charge in [-0.2, -0.15) is 0 Å². The molecule has 1 saturated carbocycles. The van der Waals surface area contributed by atoms with Gasteiger partial charge in [-0.15, -0.1) is 0 Å². The zero-order valence-electron chi connectivity index (χ0n) is 12.7. The number of carbonyl (C=O) groups excluding carboxylic acids is 3. The van der Waals surface area contributed by atoms with E-state index >= 15 is 0 Å². The second kappa shape index (κ2) is 8.44. The maximum Gasteiger partial charge on any atom is 0.330 e. The molecule has 21 heavy (non-hydrogen) atoms. The Balaban J connectivity index is 2.83. The van der Waals surface area contributed by atoms with Crippen molar-refractivity contribution in [2.75, 3.05) is 20.8 Å². The van der Waals surface area contributed by atoms with Gasteiger partial charge in [-0.05, 0) is 38.5 Å². The molecule has 6 nitrogen and oxygen atoms in total. The van der Waals surface area contributed by atoms with Gasteiger partial charge in [0.05, 0.1) is 20.8 Å². The fourth-order valence-corrected chi connectivity index (χ4v) is 2.63. The van der Waals surface area contributed by atoms with E-state index in [-0.39, 0.29) is 11.9 Å². The first-order valence-corrected chi connectivity index (χ1v) is 7.05. The van der Waals surface area contributed by atoms with Crippen LogP contribution in [0, 0.1) is 11.8 Å². The van der Waals surface area contributed by atoms with Crippen LogP contribution in [0.15, 0.2) is 11.6 Å². The van der Waals surface area contributed by atoms with E-state index in [2.05, 4.69) is 0 Å². The molecule has 0 saturated heterocycles. The molecule has 0 bridgehead atoms. The summed E-state index contributed by atoms with van der Waals surface area (Å²) < 4.78 is 14.3. The van der Waals surface area contributed by atoms with Gasteiger partial charge in [-0.3, -0.25) is 9.59 Å². The average molecular weight is 298 g/mol. The number of rotatable bonds is 5. The van der Waals surface area contributed by atoms with Crippen LogP contribution >= 0.6 is 0 Å². The molecule has 1 atom stereocenters. The van der Waals surface area contributed by atoms with Crippen LogP contribution in [-0.4, -0.2) is 38.7 Å². The summed E-state index contributed by atoms with van der Waals surface area (Å²) in [7, 11) is 2.49. The quantitative estimate of drug-likeness (QED) is 0.332. The topological polar surface area (TPSA) is 78.9 Å². The third-order valence-corrected chi connectivity index (χ3v) is 3.59. The van der Waals surface area contributed by atoms with Crippen molar-refractivity contribution in [1.29, 1.82) is 0 Å². The SMILES string of the molecule is CCOC(=O)/C=C1/CCCC(C(C(=O)OC)C(=O)OC)C1. The molecule has 6 heteroatoms. The summed E-state index contributed by atoms with van der Waals surface area (Å²) in [6, 6.07) is 0. The van der Waals surface area contributed by atoms with E-state index in [4.69, 9.17) is 14.2 Å². The lowest BCUT2D eigenvalue weighted by Crippen LogP contribution is -2.35. The van der Waals surface area contributed by atoms with Gasteiger partial charge >= 0.3 is 17.9 Å². The molecule has 0 aromatic heterocycles. The van der Waals surface area contributed by atoms with Crippen LogP contribution in [0.1, 0.15) is 32.6 Å². The van der Waals surface area contributed by atoms with Crippen molar-refractivity contribution >= 4 is 17.9 Å². The van der Waals surface area contributed by atoms with Gasteiger partial charge in [-0.1, -0.05) is 5.57 Å². The van der Waals surface area contributed by atoms with E-state index < -0.39 is 17.9 Å². The standard InChI is InChI=1S/C15H22O6/c1-4-21-12(16)9-10-6-5-7-11(8-10)13(14(17)19-2)15(18)20-3/h9,11,13H,4-8H2,1-3H3/b10-9-. The minimum Gasteiger partial charge on any atom is -0.468 e. The number of methoxy groups -OCH3 is 2. The van der Waals surface area contributed by atoms with E-state index in [0.717, 1.165) is 24.8 Å². The molecule has 0 amide bonds. The van der Waals surface area contributed by atoms with Gasteiger partial charge < -0.3 is 14.2 Å². The molecule has 1 rings (SSSR count). The number of hydrogen-bond donors (Lipinski definition) is 0. The molecule has 0 N–H and O–H groups in total. The van der Waals surface area contributed by atoms with Gasteiger partial charge in [0.25, 0.3) is 0 Å². The van der Waals surface area contributed by atoms with Gasteiger partial charge in [0.1, 0.15) is 0 Å². The highest BCUT2D eigenvalue weighted by Crippen LogP contribution is 2.34. The minimum absolute atomic E-state index is 0.209. The molecule has 0 radical (unpaired) electrons. The molecule has 1 aliphatic rings. The summed E-state index contributed by atoms with van der Waals surface area (Å²) in [4.78, 5) is 35.1. The molecule has 0 aromatic carbocycles. The summed E-state index contributed by atoms with van der Waals surface area (Å²) >= 11 is 0. The largest absolute Gasteiger partial charge is 0.468 e. The van der Waals surface area contributed by atoms with Crippen LogP contribution in [0.3, 0.4) is 0 Å². The van der Waals surface area contributed by atoms with E-state index in [9.17, 15) is 14.4 Å². The lowest BCUT2D eigenvalue weighted by Gasteiger charge is -2.28. The Morgan fingerprint density at radius 2 is 1.86 bits per heavy atom. The highest BCUT2D eigenvalue weighted by molar-refractivity contribution is 5.95. The number of hydrogen-bond acceptors (Lipinski definition) is 6. The van der Waals surface area contributed by atoms with E-state index in [1.165, 1.54) is 20.3 Å². The zero-order chi connectivity index (χ0) is 15.8. The monoisotopic (exact) mass is 298 g/mol. The third-order valence-electron chi connectivity index (χ3n) is 3.59. The predicted octanol–water partition coefficient (Wildman–Crippen LogP) is 1.63. The first-order chi connectivity index (χ1) is 10.0. The van der Waals surface area contributed by atoms with Crippen molar-refractivity contribution in [3.05, 3.63) is 11.6 Å². The van der Waals surface area contributed by atoms with Crippen LogP contribution in [0.25, 0.3) is 0 Å². The Morgan fingerprint density at radius 1 is 1.24 bits per heavy atom. The van der Waals surface area contributed by atoms with E-state index in [1.54, 1.807) is 6.92 Å². The Morgan fingerprint density at radius 3 is 2.38 bits per heavy atom. The van der Waals surface area contributed by atoms with Crippen LogP contribution in [0.2, 0.25) is 0 Å². The van der Waals surface area contributed by atoms with Crippen molar-refractivity contribution < 1.29 is 28.6 Å². The van der Waals surface area contributed by atoms with Gasteiger partial charge in [0.2, 0.25) is 0 Å². The molecule has 1 unspecified atom stereocenters. The van der Waals surface area contributed by atoms with Crippen LogP contribution in [-0.2, 0) is 28.6 Å². The average Bonchev–Trinajstić information content (AvgIpc) is 2.47. The van der Waals surface area contributed by atoms with E-state index in [1.807, 2.05) is 0 Å². The number of carbonyl (C=O) groups is 3. The van der Waals surface area contributed by atoms with Gasteiger partial charge in [-0.25, -0.2) is 4.79 Å². The van der Waals surface area contributed by atoms with Crippen molar-refractivity contribution in [2.24, 2.45) is 11.8 Å². The zero-order valence-corrected chi connectivity index (χ0v) is 12.7. The predicted molar refractivity (Wildman–Crippen MR) is 74.2 cm³/mol. The fraction of sp³-hybridized carbons (Fsp3) is 0.667. The fourth-order valence-electron chi connectivity index (χ4n) is 2.63. The van der Waals surface area contributed by atoms with Crippen molar-refractivity contribution in [2.45, 2.75) is 32.6 Å². The minimum atomic E-state index is -0.939. The molecule has 1 aliphatic carbocycles. The van der Waals surface area contributed by atoms with Crippen molar-refractivity contribution in [1.82, 2.24) is 0 Å². The normalized spacial score (nSPS) is 20.2. The summed E-state index contributed by atoms with van der Waals surface area (Å²) in [5.41, 5.74) is 0.891. The molecule has 118 valence electrons. The Labute approximate surface area is 124 Å². The summed E-state index contributed by atoms with van der Waals surface area (Å²) in [5, 5.41) is 0. The Bertz CT molecular complexity index is 410. The second-order valence-corrected chi connectivity index (χ2v) is 4.94. The molecular formula is C15H22O6. The molecule has 1 fully saturated rings. The van der Waals surface area contributed by atoms with Crippen LogP contribution in [0.5, 0.6) is 0 Å². The van der Waals surface area contributed by atoms with Gasteiger partial charge in [0, 0.05) is 6.08 Å². The van der Waals surface area contributed by atoms with E-state index in [0.29, 0.717) is 13.0 Å². The Hall–Kier alpha value is -1.85. The first-order valence-electron chi connectivity index (χ1n) is 7.05. The number of ether oxygens (including phenoxy) is 3. The number of esters is 3. The lowest BCUT2D eigenvalue weighted by atomic mass is 9.77. The van der Waals surface area contributed by atoms with Crippen LogP contribution < -0.4 is 0 Å². The maximum absolute atomic E-state index is 11.8. The highest BCUT2D eigenvalue weighted by atomic mass is 16.5. The van der Waals surface area contributed by atoms with Crippen molar-refractivity contribution in [3.63, 3.8) is 0 Å². The summed E-state index contributed by atoms with van der Waals surface area (Å²) in [6.07, 6.45) is 4.24. The van der Waals surface area contributed by atoms with Crippen LogP contribution in [0.4, 0.5) is 0 Å². The summed E-state index contributed by atoms with van der Waals surface area (Å²) in [6.45, 7) is 2.06. The molecule has 0 spiro atoms. The molecule has 0 aliphatic heterocycles. The van der Waals surface area contributed by atoms with Crippen molar-refractivity contribution in [3.8, 4) is 0 Å². The number of allylic oxidation sites excluding steroid dienone is 1. The second-order valence-electron chi connectivity index (χ2n) is 4.94. The highest BCUT2D eigenvalue weighted by Gasteiger charge is 2.38. The molecule has 0 aromatic rings. The third kappa shape index (κ3) is 4.88. The Kier molecular flexibility index (Phi) is 6.91. The molecular weight excluding hydrogens is 276 g/mol. The smallest absolute Gasteiger partial charge is 0.330 e. The van der Waals surface area contributed by atoms with Gasteiger partial charge in [0.15, 0.2) is 5.92 Å². The lowest BCUT2D eigenvalue weighted by molar-refractivity contribution is -0.161. The first kappa shape index (κ1) is 17.2. The maximum atomic E-state index is 11.8. The summed E-state index contributed by atoms with van der Waals surface area (Å²) in [5.74, 6) is -2.72. The molecule has 0 heterocycles.